The van der Waals surface area contributed by atoms with Crippen LogP contribution in [0.5, 0.6) is 0 Å². The Kier molecular flexibility index (Phi) is 6.36. The van der Waals surface area contributed by atoms with E-state index < -0.39 is 34.9 Å². The fourth-order valence-corrected chi connectivity index (χ4v) is 3.57. The molecule has 0 bridgehead atoms. The fourth-order valence-electron chi connectivity index (χ4n) is 2.62. The molecule has 6 nitrogen and oxygen atoms in total. The number of nitrogens with zero attached hydrogens (tertiary/aromatic N) is 1. The Morgan fingerprint density at radius 3 is 2.70 bits per heavy atom. The number of thiophene rings is 1. The second-order valence-corrected chi connectivity index (χ2v) is 7.00. The molecule has 0 unspecified atom stereocenters. The molecule has 1 aromatic carbocycles. The van der Waals surface area contributed by atoms with Crippen LogP contribution in [0.3, 0.4) is 0 Å². The largest absolute Gasteiger partial charge is 0.478 e. The van der Waals surface area contributed by atoms with Gasteiger partial charge in [-0.2, -0.15) is 0 Å². The summed E-state index contributed by atoms with van der Waals surface area (Å²) in [5, 5.41) is 13.2. The first-order chi connectivity index (χ1) is 14.3. The first-order valence-electron chi connectivity index (χ1n) is 8.60. The number of ether oxygens (including phenoxy) is 1. The SMILES string of the molecule is Cc1ccc(-c2csc(NC(=O)C3=NCC=CC(F)=CCO3)c2C(=O)O)c(F)c1F. The molecule has 0 saturated heterocycles. The predicted molar refractivity (Wildman–Crippen MR) is 107 cm³/mol. The molecule has 2 N–H and O–H groups in total. The third kappa shape index (κ3) is 4.43. The smallest absolute Gasteiger partial charge is 0.339 e. The van der Waals surface area contributed by atoms with Crippen molar-refractivity contribution < 1.29 is 32.6 Å². The molecule has 2 heterocycles. The number of carbonyl (C=O) groups is 2. The zero-order valence-electron chi connectivity index (χ0n) is 15.5. The highest BCUT2D eigenvalue weighted by molar-refractivity contribution is 7.15. The zero-order chi connectivity index (χ0) is 21.8. The molecule has 0 radical (unpaired) electrons. The van der Waals surface area contributed by atoms with Crippen LogP contribution < -0.4 is 5.32 Å². The number of hydrogen-bond acceptors (Lipinski definition) is 5. The predicted octanol–water partition coefficient (Wildman–Crippen LogP) is 4.48. The molecule has 0 atom stereocenters. The lowest BCUT2D eigenvalue weighted by Crippen LogP contribution is -2.26. The number of allylic oxidation sites excluding steroid dienone is 2. The van der Waals surface area contributed by atoms with Crippen molar-refractivity contribution in [3.05, 3.63) is 64.3 Å². The summed E-state index contributed by atoms with van der Waals surface area (Å²) in [6.07, 6.45) is 3.66. The van der Waals surface area contributed by atoms with Crippen LogP contribution in [0.2, 0.25) is 0 Å². The molecule has 0 spiro atoms. The van der Waals surface area contributed by atoms with Gasteiger partial charge >= 0.3 is 11.9 Å². The molecule has 10 heteroatoms. The Morgan fingerprint density at radius 2 is 1.97 bits per heavy atom. The van der Waals surface area contributed by atoms with Gasteiger partial charge in [-0.05, 0) is 24.6 Å². The lowest BCUT2D eigenvalue weighted by atomic mass is 10.0. The van der Waals surface area contributed by atoms with Crippen molar-refractivity contribution in [3.63, 3.8) is 0 Å². The Bertz CT molecular complexity index is 1110. The Balaban J connectivity index is 1.93. The van der Waals surface area contributed by atoms with E-state index >= 15 is 0 Å². The maximum absolute atomic E-state index is 14.4. The van der Waals surface area contributed by atoms with Crippen molar-refractivity contribution in [2.45, 2.75) is 6.92 Å². The third-order valence-electron chi connectivity index (χ3n) is 4.11. The Hall–Kier alpha value is -3.40. The van der Waals surface area contributed by atoms with Crippen molar-refractivity contribution in [2.75, 3.05) is 18.5 Å². The van der Waals surface area contributed by atoms with Crippen molar-refractivity contribution in [2.24, 2.45) is 4.99 Å². The number of rotatable bonds is 4. The van der Waals surface area contributed by atoms with E-state index in [9.17, 15) is 27.9 Å². The van der Waals surface area contributed by atoms with E-state index in [1.54, 1.807) is 0 Å². The van der Waals surface area contributed by atoms with E-state index in [4.69, 9.17) is 4.74 Å². The molecular formula is C20H15F3N2O4S. The van der Waals surface area contributed by atoms with Crippen molar-refractivity contribution in [1.82, 2.24) is 0 Å². The highest BCUT2D eigenvalue weighted by Crippen LogP contribution is 2.37. The normalized spacial score (nSPS) is 14.0. The summed E-state index contributed by atoms with van der Waals surface area (Å²) >= 11 is 0.826. The molecule has 156 valence electrons. The second kappa shape index (κ2) is 8.95. The molecule has 1 aliphatic rings. The van der Waals surface area contributed by atoms with Crippen LogP contribution >= 0.6 is 11.3 Å². The van der Waals surface area contributed by atoms with Crippen LogP contribution in [-0.4, -0.2) is 36.0 Å². The van der Waals surface area contributed by atoms with Gasteiger partial charge in [0, 0.05) is 16.5 Å². The zero-order valence-corrected chi connectivity index (χ0v) is 16.4. The fraction of sp³-hybridized carbons (Fsp3) is 0.150. The number of halogens is 3. The third-order valence-corrected chi connectivity index (χ3v) is 5.00. The van der Waals surface area contributed by atoms with E-state index in [2.05, 4.69) is 10.3 Å². The Labute approximate surface area is 173 Å². The lowest BCUT2D eigenvalue weighted by molar-refractivity contribution is -0.111. The molecule has 30 heavy (non-hydrogen) atoms. The minimum atomic E-state index is -1.44. The first kappa shape index (κ1) is 21.3. The summed E-state index contributed by atoms with van der Waals surface area (Å²) in [4.78, 5) is 28.2. The van der Waals surface area contributed by atoms with Gasteiger partial charge in [-0.1, -0.05) is 18.2 Å². The second-order valence-electron chi connectivity index (χ2n) is 6.12. The van der Waals surface area contributed by atoms with Crippen LogP contribution in [0.25, 0.3) is 11.1 Å². The summed E-state index contributed by atoms with van der Waals surface area (Å²) in [5.74, 6) is -5.47. The number of carbonyl (C=O) groups excluding carboxylic acids is 1. The minimum absolute atomic E-state index is 0.0284. The van der Waals surface area contributed by atoms with Crippen LogP contribution in [0.1, 0.15) is 15.9 Å². The quantitative estimate of drug-likeness (QED) is 0.740. The number of benzene rings is 1. The van der Waals surface area contributed by atoms with E-state index in [1.807, 2.05) is 0 Å². The number of carboxylic acid groups (broad SMARTS) is 1. The molecular weight excluding hydrogens is 421 g/mol. The highest BCUT2D eigenvalue weighted by Gasteiger charge is 2.25. The summed E-state index contributed by atoms with van der Waals surface area (Å²) in [5.41, 5.74) is -0.643. The van der Waals surface area contributed by atoms with Crippen LogP contribution in [0.4, 0.5) is 18.2 Å². The van der Waals surface area contributed by atoms with Gasteiger partial charge in [0.1, 0.15) is 23.0 Å². The molecule has 1 aromatic heterocycles. The van der Waals surface area contributed by atoms with Gasteiger partial charge in [0.2, 0.25) is 0 Å². The molecule has 0 fully saturated rings. The number of hydrogen-bond donors (Lipinski definition) is 2. The van der Waals surface area contributed by atoms with Crippen LogP contribution in [0, 0.1) is 18.6 Å². The highest BCUT2D eigenvalue weighted by atomic mass is 32.1. The maximum Gasteiger partial charge on any atom is 0.339 e. The average Bonchev–Trinajstić information content (AvgIpc) is 3.14. The maximum atomic E-state index is 14.4. The van der Waals surface area contributed by atoms with Gasteiger partial charge in [0.05, 0.1) is 6.54 Å². The van der Waals surface area contributed by atoms with Crippen molar-refractivity contribution in [1.29, 1.82) is 0 Å². The van der Waals surface area contributed by atoms with Gasteiger partial charge < -0.3 is 15.2 Å². The number of anilines is 1. The molecule has 1 aliphatic heterocycles. The lowest BCUT2D eigenvalue weighted by Gasteiger charge is -2.09. The van der Waals surface area contributed by atoms with Gasteiger partial charge in [0.25, 0.3) is 5.90 Å². The summed E-state index contributed by atoms with van der Waals surface area (Å²) < 4.78 is 46.7. The number of amides is 1. The average molecular weight is 436 g/mol. The monoisotopic (exact) mass is 436 g/mol. The number of aryl methyl sites for hydroxylation is 1. The molecule has 2 aromatic rings. The van der Waals surface area contributed by atoms with Gasteiger partial charge in [-0.25, -0.2) is 23.0 Å². The number of aromatic carboxylic acids is 1. The Morgan fingerprint density at radius 1 is 1.20 bits per heavy atom. The molecule has 1 amide bonds. The van der Waals surface area contributed by atoms with Gasteiger partial charge in [0.15, 0.2) is 11.6 Å². The molecule has 0 aliphatic carbocycles. The van der Waals surface area contributed by atoms with E-state index in [0.717, 1.165) is 17.4 Å². The van der Waals surface area contributed by atoms with Crippen molar-refractivity contribution >= 4 is 34.1 Å². The van der Waals surface area contributed by atoms with E-state index in [0.29, 0.717) is 0 Å². The van der Waals surface area contributed by atoms with Crippen LogP contribution in [0.15, 0.2) is 46.6 Å². The van der Waals surface area contributed by atoms with Gasteiger partial charge in [-0.3, -0.25) is 4.79 Å². The van der Waals surface area contributed by atoms with Gasteiger partial charge in [-0.15, -0.1) is 11.3 Å². The summed E-state index contributed by atoms with van der Waals surface area (Å²) in [6.45, 7) is 1.10. The minimum Gasteiger partial charge on any atom is -0.478 e. The van der Waals surface area contributed by atoms with Crippen molar-refractivity contribution in [3.8, 4) is 11.1 Å². The summed E-state index contributed by atoms with van der Waals surface area (Å²) in [7, 11) is 0. The van der Waals surface area contributed by atoms with E-state index in [-0.39, 0.29) is 40.7 Å². The standard InChI is InChI=1S/C20H15F3N2O4S/c1-10-4-5-12(16(23)15(10)22)13-9-30-19(14(13)20(27)28)25-17(26)18-24-7-2-3-11(21)6-8-29-18/h2-6,9H,7-8H2,1H3,(H,25,26)(H,27,28). The number of nitrogens with one attached hydrogen (secondary N) is 1. The van der Waals surface area contributed by atoms with Crippen LogP contribution in [-0.2, 0) is 9.53 Å². The molecule has 3 rings (SSSR count). The van der Waals surface area contributed by atoms with E-state index in [1.165, 1.54) is 36.6 Å². The first-order valence-corrected chi connectivity index (χ1v) is 9.48. The number of aliphatic imine (C=N–C) groups is 1. The number of carboxylic acids is 1. The summed E-state index contributed by atoms with van der Waals surface area (Å²) in [6, 6.07) is 2.60. The molecule has 0 saturated carbocycles. The topological polar surface area (TPSA) is 88.0 Å².